The Kier molecular flexibility index (Phi) is 3.84. The molecular weight excluding hydrogens is 256 g/mol. The van der Waals surface area contributed by atoms with E-state index in [0.717, 1.165) is 25.1 Å². The van der Waals surface area contributed by atoms with E-state index >= 15 is 0 Å². The van der Waals surface area contributed by atoms with E-state index in [2.05, 4.69) is 15.2 Å². The van der Waals surface area contributed by atoms with Crippen molar-refractivity contribution in [2.24, 2.45) is 0 Å². The third-order valence-electron chi connectivity index (χ3n) is 3.67. The summed E-state index contributed by atoms with van der Waals surface area (Å²) >= 11 is 0. The predicted octanol–water partition coefficient (Wildman–Crippen LogP) is 0.143. The van der Waals surface area contributed by atoms with Gasteiger partial charge < -0.3 is 15.8 Å². The quantitative estimate of drug-likeness (QED) is 0.818. The summed E-state index contributed by atoms with van der Waals surface area (Å²) in [5.74, 6) is 0.0658. The summed E-state index contributed by atoms with van der Waals surface area (Å²) in [5, 5.41) is 3.05. The SMILES string of the molecule is Nc1ccnc(CN2CCOCC2C(=O)NC2CC2)c1. The third kappa shape index (κ3) is 3.26. The van der Waals surface area contributed by atoms with Crippen LogP contribution in [-0.4, -0.2) is 47.6 Å². The summed E-state index contributed by atoms with van der Waals surface area (Å²) in [6.07, 6.45) is 3.89. The number of pyridine rings is 1. The lowest BCUT2D eigenvalue weighted by Gasteiger charge is -2.34. The molecule has 0 bridgehead atoms. The number of aromatic nitrogens is 1. The van der Waals surface area contributed by atoms with Gasteiger partial charge in [0.25, 0.3) is 0 Å². The van der Waals surface area contributed by atoms with E-state index in [-0.39, 0.29) is 11.9 Å². The van der Waals surface area contributed by atoms with E-state index in [1.54, 1.807) is 12.3 Å². The van der Waals surface area contributed by atoms with Crippen LogP contribution >= 0.6 is 0 Å². The van der Waals surface area contributed by atoms with Crippen molar-refractivity contribution < 1.29 is 9.53 Å². The number of hydrogen-bond donors (Lipinski definition) is 2. The van der Waals surface area contributed by atoms with Crippen molar-refractivity contribution in [2.75, 3.05) is 25.5 Å². The molecule has 20 heavy (non-hydrogen) atoms. The number of carbonyl (C=O) groups excluding carboxylic acids is 1. The van der Waals surface area contributed by atoms with E-state index in [4.69, 9.17) is 10.5 Å². The number of anilines is 1. The summed E-state index contributed by atoms with van der Waals surface area (Å²) in [7, 11) is 0. The van der Waals surface area contributed by atoms with Crippen molar-refractivity contribution in [2.45, 2.75) is 31.5 Å². The molecule has 1 saturated heterocycles. The fraction of sp³-hybridized carbons (Fsp3) is 0.571. The van der Waals surface area contributed by atoms with Gasteiger partial charge in [-0.05, 0) is 25.0 Å². The maximum atomic E-state index is 12.2. The van der Waals surface area contributed by atoms with Gasteiger partial charge in [0, 0.05) is 31.0 Å². The number of carbonyl (C=O) groups is 1. The summed E-state index contributed by atoms with van der Waals surface area (Å²) in [6.45, 7) is 2.45. The van der Waals surface area contributed by atoms with Gasteiger partial charge in [-0.25, -0.2) is 0 Å². The van der Waals surface area contributed by atoms with Crippen LogP contribution in [0.5, 0.6) is 0 Å². The molecule has 1 unspecified atom stereocenters. The first kappa shape index (κ1) is 13.3. The first-order valence-corrected chi connectivity index (χ1v) is 7.05. The van der Waals surface area contributed by atoms with Crippen LogP contribution < -0.4 is 11.1 Å². The first-order valence-electron chi connectivity index (χ1n) is 7.05. The van der Waals surface area contributed by atoms with E-state index in [1.807, 2.05) is 6.07 Å². The van der Waals surface area contributed by atoms with Crippen molar-refractivity contribution in [1.29, 1.82) is 0 Å². The first-order chi connectivity index (χ1) is 9.72. The molecular formula is C14H20N4O2. The number of nitrogens with zero attached hydrogens (tertiary/aromatic N) is 2. The molecule has 1 aromatic rings. The van der Waals surface area contributed by atoms with Gasteiger partial charge in [0.1, 0.15) is 6.04 Å². The molecule has 1 aliphatic heterocycles. The zero-order chi connectivity index (χ0) is 13.9. The fourth-order valence-electron chi connectivity index (χ4n) is 2.39. The maximum absolute atomic E-state index is 12.2. The molecule has 2 heterocycles. The zero-order valence-electron chi connectivity index (χ0n) is 11.4. The van der Waals surface area contributed by atoms with Gasteiger partial charge in [-0.3, -0.25) is 14.7 Å². The largest absolute Gasteiger partial charge is 0.399 e. The smallest absolute Gasteiger partial charge is 0.239 e. The third-order valence-corrected chi connectivity index (χ3v) is 3.67. The molecule has 108 valence electrons. The molecule has 1 atom stereocenters. The number of nitrogens with two attached hydrogens (primary N) is 1. The van der Waals surface area contributed by atoms with Crippen molar-refractivity contribution in [3.05, 3.63) is 24.0 Å². The van der Waals surface area contributed by atoms with Gasteiger partial charge in [0.05, 0.1) is 18.9 Å². The van der Waals surface area contributed by atoms with Crippen LogP contribution in [0.25, 0.3) is 0 Å². The van der Waals surface area contributed by atoms with Crippen LogP contribution in [0.3, 0.4) is 0 Å². The summed E-state index contributed by atoms with van der Waals surface area (Å²) in [4.78, 5) is 18.7. The number of nitrogen functional groups attached to an aromatic ring is 1. The number of morpholine rings is 1. The van der Waals surface area contributed by atoms with Crippen LogP contribution in [-0.2, 0) is 16.1 Å². The highest BCUT2D eigenvalue weighted by Crippen LogP contribution is 2.20. The molecule has 0 radical (unpaired) electrons. The second-order valence-corrected chi connectivity index (χ2v) is 5.42. The Balaban J connectivity index is 1.66. The normalized spacial score (nSPS) is 23.5. The Morgan fingerprint density at radius 3 is 3.15 bits per heavy atom. The highest BCUT2D eigenvalue weighted by Gasteiger charge is 2.33. The minimum absolute atomic E-state index is 0.0658. The minimum Gasteiger partial charge on any atom is -0.399 e. The predicted molar refractivity (Wildman–Crippen MR) is 74.8 cm³/mol. The molecule has 2 aliphatic rings. The molecule has 2 fully saturated rings. The molecule has 6 nitrogen and oxygen atoms in total. The second kappa shape index (κ2) is 5.76. The van der Waals surface area contributed by atoms with Crippen molar-refractivity contribution in [1.82, 2.24) is 15.2 Å². The average Bonchev–Trinajstić information content (AvgIpc) is 3.23. The van der Waals surface area contributed by atoms with Crippen LogP contribution in [0.2, 0.25) is 0 Å². The van der Waals surface area contributed by atoms with Crippen LogP contribution in [0.15, 0.2) is 18.3 Å². The summed E-state index contributed by atoms with van der Waals surface area (Å²) in [6, 6.07) is 3.76. The lowest BCUT2D eigenvalue weighted by molar-refractivity contribution is -0.133. The Bertz CT molecular complexity index is 490. The number of ether oxygens (including phenoxy) is 1. The average molecular weight is 276 g/mol. The molecule has 1 aromatic heterocycles. The molecule has 1 amide bonds. The number of rotatable bonds is 4. The molecule has 1 saturated carbocycles. The number of nitrogens with one attached hydrogen (secondary N) is 1. The van der Waals surface area contributed by atoms with Crippen molar-refractivity contribution in [3.8, 4) is 0 Å². The van der Waals surface area contributed by atoms with E-state index in [1.165, 1.54) is 0 Å². The van der Waals surface area contributed by atoms with E-state index in [0.29, 0.717) is 31.5 Å². The molecule has 6 heteroatoms. The Morgan fingerprint density at radius 1 is 1.55 bits per heavy atom. The van der Waals surface area contributed by atoms with Gasteiger partial charge in [-0.1, -0.05) is 0 Å². The lowest BCUT2D eigenvalue weighted by atomic mass is 10.2. The minimum atomic E-state index is -0.229. The number of hydrogen-bond acceptors (Lipinski definition) is 5. The van der Waals surface area contributed by atoms with Gasteiger partial charge in [-0.2, -0.15) is 0 Å². The van der Waals surface area contributed by atoms with E-state index < -0.39 is 0 Å². The van der Waals surface area contributed by atoms with Crippen molar-refractivity contribution >= 4 is 11.6 Å². The topological polar surface area (TPSA) is 80.5 Å². The van der Waals surface area contributed by atoms with Gasteiger partial charge in [0.15, 0.2) is 0 Å². The molecule has 0 aromatic carbocycles. The van der Waals surface area contributed by atoms with E-state index in [9.17, 15) is 4.79 Å². The van der Waals surface area contributed by atoms with Gasteiger partial charge >= 0.3 is 0 Å². The Hall–Kier alpha value is -1.66. The highest BCUT2D eigenvalue weighted by molar-refractivity contribution is 5.82. The molecule has 1 aliphatic carbocycles. The zero-order valence-corrected chi connectivity index (χ0v) is 11.4. The second-order valence-electron chi connectivity index (χ2n) is 5.42. The van der Waals surface area contributed by atoms with Crippen LogP contribution in [0.1, 0.15) is 18.5 Å². The Labute approximate surface area is 118 Å². The highest BCUT2D eigenvalue weighted by atomic mass is 16.5. The monoisotopic (exact) mass is 276 g/mol. The standard InChI is InChI=1S/C14H20N4O2/c15-10-3-4-16-12(7-10)8-18-5-6-20-9-13(18)14(19)17-11-1-2-11/h3-4,7,11,13H,1-2,5-6,8-9H2,(H2,15,16)(H,17,19). The summed E-state index contributed by atoms with van der Waals surface area (Å²) < 4.78 is 5.45. The molecule has 0 spiro atoms. The van der Waals surface area contributed by atoms with Crippen LogP contribution in [0.4, 0.5) is 5.69 Å². The molecule has 3 rings (SSSR count). The lowest BCUT2D eigenvalue weighted by Crippen LogP contribution is -2.53. The van der Waals surface area contributed by atoms with Crippen LogP contribution in [0, 0.1) is 0 Å². The molecule has 3 N–H and O–H groups in total. The van der Waals surface area contributed by atoms with Crippen molar-refractivity contribution in [3.63, 3.8) is 0 Å². The van der Waals surface area contributed by atoms with Gasteiger partial charge in [0.2, 0.25) is 5.91 Å². The summed E-state index contributed by atoms with van der Waals surface area (Å²) in [5.41, 5.74) is 7.35. The fourth-order valence-corrected chi connectivity index (χ4v) is 2.39. The van der Waals surface area contributed by atoms with Gasteiger partial charge in [-0.15, -0.1) is 0 Å². The number of amides is 1. The maximum Gasteiger partial charge on any atom is 0.239 e. The Morgan fingerprint density at radius 2 is 2.40 bits per heavy atom.